The average Bonchev–Trinajstić information content (AvgIpc) is 4.02. The first-order valence-electron chi connectivity index (χ1n) is 19.5. The van der Waals surface area contributed by atoms with Crippen LogP contribution in [-0.2, 0) is 19.2 Å². The van der Waals surface area contributed by atoms with E-state index in [4.69, 9.17) is 63.8 Å². The predicted octanol–water partition coefficient (Wildman–Crippen LogP) is 2.32. The largest absolute Gasteiger partial charge is 1.00 e. The molecule has 4 aromatic rings. The molecule has 20 heteroatoms. The Morgan fingerprint density at radius 2 is 1.30 bits per heavy atom. The standard InChI is InChI=1S/C20H24ClN3O3.C10H11Cl2NO2.C10H14N2O.CH2O3.2K.H/c1-20(2,3)27-19(25)14-6-7-16(22-18(14)21)24-9-8-17(23-24)26-15-11-12-4-5-13(15)10-12;1-10(2,3)15-9(14)6-4-5-7(11)13-8(6)12;1-2-8-5-7(1)6-9(8)13-10-3-4-11-12-10;2-1-4-3;;;/h6-9,12-13,15H,4-5,10-11H2,1-3H3;4-5H,1-3H3;3-4,7-9H,1-2,5-6H2,(H,11,12);1,3H;;;/q;;;;2*+1;-1/p-1/t12-,13+,15+;;7-,8+,9+;;;;/m1.1..../s1. The minimum atomic E-state index is -0.590. The van der Waals surface area contributed by atoms with Crippen molar-refractivity contribution in [3.05, 3.63) is 75.4 Å². The fraction of sp³-hybridized carbons (Fsp3) is 0.537. The van der Waals surface area contributed by atoms with Crippen LogP contribution in [0.1, 0.15) is 115 Å². The number of halogens is 3. The fourth-order valence-electron chi connectivity index (χ4n) is 7.72. The maximum atomic E-state index is 12.2. The molecule has 4 fully saturated rings. The molecular formula is C41H51Cl3K2N6O9. The van der Waals surface area contributed by atoms with E-state index >= 15 is 0 Å². The van der Waals surface area contributed by atoms with Crippen LogP contribution in [0.15, 0.2) is 48.8 Å². The topological polar surface area (TPSA) is 193 Å². The first-order valence-corrected chi connectivity index (χ1v) is 20.6. The van der Waals surface area contributed by atoms with Crippen molar-refractivity contribution < 1.29 is 148 Å². The number of pyridine rings is 2. The zero-order valence-corrected chi connectivity index (χ0v) is 44.4. The van der Waals surface area contributed by atoms with Crippen LogP contribution >= 0.6 is 34.8 Å². The van der Waals surface area contributed by atoms with Crippen LogP contribution in [0.3, 0.4) is 0 Å². The van der Waals surface area contributed by atoms with Gasteiger partial charge >= 0.3 is 115 Å². The van der Waals surface area contributed by atoms with Gasteiger partial charge in [0, 0.05) is 18.3 Å². The van der Waals surface area contributed by atoms with Crippen LogP contribution < -0.4 is 118 Å². The molecule has 0 radical (unpaired) electrons. The van der Waals surface area contributed by atoms with Crippen LogP contribution in [0.5, 0.6) is 11.8 Å². The number of esters is 2. The number of hydrogen-bond donors (Lipinski definition) is 1. The number of fused-ring (bicyclic) bond motifs is 4. The summed E-state index contributed by atoms with van der Waals surface area (Å²) in [6.07, 6.45) is 14.7. The Bertz CT molecular complexity index is 2040. The molecule has 0 aliphatic heterocycles. The van der Waals surface area contributed by atoms with Crippen molar-refractivity contribution >= 4 is 53.2 Å². The summed E-state index contributed by atoms with van der Waals surface area (Å²) in [5.74, 6) is 4.20. The van der Waals surface area contributed by atoms with E-state index in [-0.39, 0.29) is 143 Å². The Kier molecular flexibility index (Phi) is 22.1. The number of aromatic nitrogens is 6. The van der Waals surface area contributed by atoms with Gasteiger partial charge in [0.1, 0.15) is 38.9 Å². The second kappa shape index (κ2) is 24.9. The maximum Gasteiger partial charge on any atom is 1.00 e. The molecule has 0 spiro atoms. The third-order valence-electron chi connectivity index (χ3n) is 10.1. The van der Waals surface area contributed by atoms with Crippen molar-refractivity contribution in [3.63, 3.8) is 0 Å². The summed E-state index contributed by atoms with van der Waals surface area (Å²) in [5.41, 5.74) is -0.690. The summed E-state index contributed by atoms with van der Waals surface area (Å²) in [4.78, 5) is 43.1. The molecule has 0 saturated heterocycles. The van der Waals surface area contributed by atoms with E-state index in [1.807, 2.05) is 32.9 Å². The molecular weight excluding hydrogens is 905 g/mol. The minimum absolute atomic E-state index is 0. The number of nitrogens with one attached hydrogen (secondary N) is 1. The van der Waals surface area contributed by atoms with E-state index in [9.17, 15) is 9.59 Å². The molecule has 4 saturated carbocycles. The summed E-state index contributed by atoms with van der Waals surface area (Å²) in [5, 5.41) is 20.0. The Labute approximate surface area is 457 Å². The molecule has 4 aliphatic rings. The Balaban J connectivity index is 0.000000322. The molecule has 15 nitrogen and oxygen atoms in total. The second-order valence-electron chi connectivity index (χ2n) is 16.9. The van der Waals surface area contributed by atoms with Crippen molar-refractivity contribution in [3.8, 4) is 17.6 Å². The number of carbonyl (C=O) groups is 3. The molecule has 0 amide bonds. The van der Waals surface area contributed by atoms with Crippen molar-refractivity contribution in [2.45, 2.75) is 116 Å². The molecule has 0 aromatic carbocycles. The van der Waals surface area contributed by atoms with E-state index in [0.29, 0.717) is 23.7 Å². The van der Waals surface area contributed by atoms with E-state index < -0.39 is 23.1 Å². The smallest absolute Gasteiger partial charge is 1.00 e. The van der Waals surface area contributed by atoms with Crippen LogP contribution in [0, 0.1) is 23.7 Å². The maximum absolute atomic E-state index is 12.2. The van der Waals surface area contributed by atoms with Crippen molar-refractivity contribution in [2.75, 3.05) is 0 Å². The van der Waals surface area contributed by atoms with Gasteiger partial charge < -0.3 is 30.5 Å². The molecule has 4 aromatic heterocycles. The van der Waals surface area contributed by atoms with E-state index in [1.54, 1.807) is 50.0 Å². The number of carbonyl (C=O) groups excluding carboxylic acids is 3. The summed E-state index contributed by atoms with van der Waals surface area (Å²) in [6, 6.07) is 10.0. The first-order chi connectivity index (χ1) is 27.9. The van der Waals surface area contributed by atoms with Crippen molar-refractivity contribution in [1.29, 1.82) is 0 Å². The third-order valence-corrected chi connectivity index (χ3v) is 10.9. The summed E-state index contributed by atoms with van der Waals surface area (Å²) >= 11 is 17.6. The van der Waals surface area contributed by atoms with Gasteiger partial charge in [0.15, 0.2) is 5.82 Å². The normalized spacial score (nSPS) is 21.7. The number of hydrogen-bond acceptors (Lipinski definition) is 13. The van der Waals surface area contributed by atoms with Gasteiger partial charge in [-0.25, -0.2) is 29.3 Å². The van der Waals surface area contributed by atoms with Crippen LogP contribution in [0.25, 0.3) is 5.82 Å². The van der Waals surface area contributed by atoms with Gasteiger partial charge in [-0.2, -0.15) is 5.10 Å². The van der Waals surface area contributed by atoms with Crippen molar-refractivity contribution in [1.82, 2.24) is 29.9 Å². The van der Waals surface area contributed by atoms with Gasteiger partial charge in [0.2, 0.25) is 11.8 Å². The number of ether oxygens (including phenoxy) is 4. The first kappa shape index (κ1) is 54.2. The number of rotatable bonds is 8. The quantitative estimate of drug-likeness (QED) is 0.0677. The van der Waals surface area contributed by atoms with Gasteiger partial charge in [-0.1, -0.05) is 34.8 Å². The Morgan fingerprint density at radius 1 is 0.770 bits per heavy atom. The monoisotopic (exact) mass is 954 g/mol. The molecule has 0 unspecified atom stereocenters. The molecule has 8 rings (SSSR count). The number of H-pyrrole nitrogens is 1. The van der Waals surface area contributed by atoms with Gasteiger partial charge in [-0.3, -0.25) is 4.79 Å². The number of aromatic amines is 1. The van der Waals surface area contributed by atoms with Gasteiger partial charge in [-0.05, 0) is 141 Å². The van der Waals surface area contributed by atoms with E-state index in [1.165, 1.54) is 57.1 Å². The fourth-order valence-corrected chi connectivity index (χ4v) is 8.37. The minimum Gasteiger partial charge on any atom is -1.00 e. The Morgan fingerprint density at radius 3 is 1.72 bits per heavy atom. The zero-order valence-electron chi connectivity index (χ0n) is 36.9. The van der Waals surface area contributed by atoms with Crippen LogP contribution in [-0.4, -0.2) is 71.8 Å². The van der Waals surface area contributed by atoms with E-state index in [2.05, 4.69) is 30.2 Å². The Hall–Kier alpha value is -1.17. The summed E-state index contributed by atoms with van der Waals surface area (Å²) in [6.45, 7) is 10.6. The molecule has 4 aliphatic carbocycles. The second-order valence-corrected chi connectivity index (χ2v) is 18.0. The van der Waals surface area contributed by atoms with Gasteiger partial charge in [-0.15, -0.1) is 5.10 Å². The predicted molar refractivity (Wildman–Crippen MR) is 218 cm³/mol. The molecule has 4 heterocycles. The van der Waals surface area contributed by atoms with Crippen LogP contribution in [0.4, 0.5) is 0 Å². The molecule has 6 atom stereocenters. The van der Waals surface area contributed by atoms with Gasteiger partial charge in [0.05, 0.1) is 17.3 Å². The molecule has 61 heavy (non-hydrogen) atoms. The third kappa shape index (κ3) is 17.0. The molecule has 322 valence electrons. The number of nitrogens with zero attached hydrogens (tertiary/aromatic N) is 5. The molecule has 1 N–H and O–H groups in total. The average molecular weight is 956 g/mol. The SMILES string of the molecule is CC(C)(C)OC(=O)c1ccc(-n2ccc(O[C@H]3C[C@@H]4CC[C@H]3C4)n2)nc1Cl.CC(C)(C)OC(=O)c1ccc(Cl)nc1Cl.O=CO[O-].[H-].[K+].[K+].c1cc(O[C@H]2C[C@@H]3CC[C@H]2C3)[nH]n1. The summed E-state index contributed by atoms with van der Waals surface area (Å²) < 4.78 is 24.0. The van der Waals surface area contributed by atoms with Crippen molar-refractivity contribution in [2.24, 2.45) is 23.7 Å². The zero-order chi connectivity index (χ0) is 42.9. The molecule has 4 bridgehead atoms. The van der Waals surface area contributed by atoms with E-state index in [0.717, 1.165) is 30.1 Å². The van der Waals surface area contributed by atoms with Crippen LogP contribution in [0.2, 0.25) is 15.5 Å². The van der Waals surface area contributed by atoms with Gasteiger partial charge in [0.25, 0.3) is 6.47 Å². The summed E-state index contributed by atoms with van der Waals surface area (Å²) in [7, 11) is 0.